The Labute approximate surface area is 140 Å². The van der Waals surface area contributed by atoms with E-state index >= 15 is 0 Å². The van der Waals surface area contributed by atoms with E-state index in [-0.39, 0.29) is 42.6 Å². The molecule has 1 saturated heterocycles. The molecule has 128 valence electrons. The fraction of sp³-hybridized carbons (Fsp3) is 0.556. The Bertz CT molecular complexity index is 662. The summed E-state index contributed by atoms with van der Waals surface area (Å²) in [6.45, 7) is 1.87. The number of Topliss-reactive ketones (excluding diaryl/α,β-unsaturated/α-hetero) is 4. The average Bonchev–Trinajstić information content (AvgIpc) is 2.82. The van der Waals surface area contributed by atoms with Crippen molar-refractivity contribution >= 4 is 23.1 Å². The third-order valence-corrected chi connectivity index (χ3v) is 5.25. The van der Waals surface area contributed by atoms with Crippen LogP contribution in [0.4, 0.5) is 0 Å². The summed E-state index contributed by atoms with van der Waals surface area (Å²) in [5, 5.41) is 0. The highest BCUT2D eigenvalue weighted by atomic mass is 16.5. The number of hydrogen-bond acceptors (Lipinski definition) is 6. The minimum atomic E-state index is -0.978. The lowest BCUT2D eigenvalue weighted by Crippen LogP contribution is -2.50. The molecule has 6 nitrogen and oxygen atoms in total. The number of rotatable bonds is 1. The van der Waals surface area contributed by atoms with E-state index in [9.17, 15) is 19.2 Å². The number of fused-ring (bicyclic) bond motifs is 1. The second-order valence-corrected chi connectivity index (χ2v) is 6.78. The second-order valence-electron chi connectivity index (χ2n) is 6.78. The van der Waals surface area contributed by atoms with Gasteiger partial charge in [-0.15, -0.1) is 0 Å². The van der Waals surface area contributed by atoms with Crippen LogP contribution in [0.25, 0.3) is 0 Å². The molecule has 0 aromatic carbocycles. The lowest BCUT2D eigenvalue weighted by molar-refractivity contribution is -0.144. The van der Waals surface area contributed by atoms with Crippen molar-refractivity contribution in [1.29, 1.82) is 0 Å². The summed E-state index contributed by atoms with van der Waals surface area (Å²) < 4.78 is 5.87. The van der Waals surface area contributed by atoms with Gasteiger partial charge in [0, 0.05) is 24.7 Å². The molecule has 0 aromatic heterocycles. The Balaban J connectivity index is 1.91. The lowest BCUT2D eigenvalue weighted by Gasteiger charge is -2.31. The molecule has 1 heterocycles. The summed E-state index contributed by atoms with van der Waals surface area (Å²) in [6.07, 6.45) is 4.93. The van der Waals surface area contributed by atoms with E-state index in [1.54, 1.807) is 25.2 Å². The van der Waals surface area contributed by atoms with Gasteiger partial charge < -0.3 is 10.5 Å². The molecule has 2 fully saturated rings. The van der Waals surface area contributed by atoms with Gasteiger partial charge in [-0.05, 0) is 5.57 Å². The van der Waals surface area contributed by atoms with Gasteiger partial charge in [-0.25, -0.2) is 0 Å². The zero-order valence-electron chi connectivity index (χ0n) is 13.6. The van der Waals surface area contributed by atoms with Crippen LogP contribution in [0.15, 0.2) is 23.8 Å². The van der Waals surface area contributed by atoms with Gasteiger partial charge in [0.15, 0.2) is 11.6 Å². The lowest BCUT2D eigenvalue weighted by atomic mass is 9.69. The molecule has 24 heavy (non-hydrogen) atoms. The molecule has 1 aliphatic heterocycles. The Morgan fingerprint density at radius 2 is 1.88 bits per heavy atom. The molecule has 5 atom stereocenters. The van der Waals surface area contributed by atoms with Crippen LogP contribution in [0, 0.1) is 17.8 Å². The van der Waals surface area contributed by atoms with E-state index in [1.165, 1.54) is 0 Å². The Morgan fingerprint density at radius 3 is 2.62 bits per heavy atom. The molecule has 0 aromatic rings. The normalized spacial score (nSPS) is 37.6. The van der Waals surface area contributed by atoms with Crippen LogP contribution < -0.4 is 5.73 Å². The topological polar surface area (TPSA) is 104 Å². The number of hydrogen-bond donors (Lipinski definition) is 1. The fourth-order valence-corrected chi connectivity index (χ4v) is 3.72. The largest absolute Gasteiger partial charge is 0.371 e. The highest BCUT2D eigenvalue weighted by Gasteiger charge is 2.50. The first-order chi connectivity index (χ1) is 11.4. The highest BCUT2D eigenvalue weighted by Crippen LogP contribution is 2.36. The van der Waals surface area contributed by atoms with Crippen LogP contribution in [0.2, 0.25) is 0 Å². The number of allylic oxidation sites excluding steroid dienone is 2. The van der Waals surface area contributed by atoms with Gasteiger partial charge in [-0.1, -0.05) is 25.2 Å². The van der Waals surface area contributed by atoms with Gasteiger partial charge in [0.1, 0.15) is 17.7 Å². The first kappa shape index (κ1) is 16.9. The third kappa shape index (κ3) is 2.91. The number of carbonyl (C=O) groups is 4. The quantitative estimate of drug-likeness (QED) is 0.703. The molecule has 0 amide bonds. The minimum absolute atomic E-state index is 0.0813. The third-order valence-electron chi connectivity index (χ3n) is 5.25. The van der Waals surface area contributed by atoms with Crippen LogP contribution >= 0.6 is 0 Å². The molecular weight excluding hydrogens is 310 g/mol. The predicted octanol–water partition coefficient (Wildman–Crippen LogP) is 0.538. The maximum absolute atomic E-state index is 12.8. The van der Waals surface area contributed by atoms with Crippen molar-refractivity contribution < 1.29 is 23.9 Å². The number of ether oxygens (including phenoxy) is 1. The summed E-state index contributed by atoms with van der Waals surface area (Å²) in [5.74, 6) is -2.51. The van der Waals surface area contributed by atoms with E-state index in [0.717, 1.165) is 0 Å². The Kier molecular flexibility index (Phi) is 4.60. The molecule has 0 spiro atoms. The first-order valence-corrected chi connectivity index (χ1v) is 8.24. The molecule has 0 bridgehead atoms. The monoisotopic (exact) mass is 331 g/mol. The molecular formula is C18H21NO5. The molecule has 3 aliphatic rings. The maximum atomic E-state index is 12.8. The van der Waals surface area contributed by atoms with Crippen LogP contribution in [0.1, 0.15) is 26.2 Å². The van der Waals surface area contributed by atoms with Crippen molar-refractivity contribution in [1.82, 2.24) is 0 Å². The van der Waals surface area contributed by atoms with Gasteiger partial charge in [0.2, 0.25) is 0 Å². The van der Waals surface area contributed by atoms with Crippen LogP contribution in [-0.4, -0.2) is 41.9 Å². The summed E-state index contributed by atoms with van der Waals surface area (Å²) in [4.78, 5) is 48.5. The van der Waals surface area contributed by atoms with Gasteiger partial charge in [-0.2, -0.15) is 0 Å². The standard InChI is InChI=1S/C18H21NO5/c1-9-12-8-24-18(10-3-2-4-11(20)6-5-10)16(19)17(23)15(12)14(22)7-13(9)21/h2-3,5,9,12,15-16,18H,4,6-8,19H2,1H3. The van der Waals surface area contributed by atoms with Crippen molar-refractivity contribution in [2.24, 2.45) is 23.5 Å². The number of nitrogens with two attached hydrogens (primary N) is 1. The Hall–Kier alpha value is -1.92. The van der Waals surface area contributed by atoms with E-state index in [0.29, 0.717) is 12.0 Å². The first-order valence-electron chi connectivity index (χ1n) is 8.24. The summed E-state index contributed by atoms with van der Waals surface area (Å²) in [5.41, 5.74) is 6.80. The van der Waals surface area contributed by atoms with Crippen molar-refractivity contribution in [3.8, 4) is 0 Å². The van der Waals surface area contributed by atoms with Gasteiger partial charge in [0.05, 0.1) is 25.0 Å². The van der Waals surface area contributed by atoms with Gasteiger partial charge in [-0.3, -0.25) is 19.2 Å². The van der Waals surface area contributed by atoms with Crippen molar-refractivity contribution in [2.45, 2.75) is 38.3 Å². The predicted molar refractivity (Wildman–Crippen MR) is 85.0 cm³/mol. The van der Waals surface area contributed by atoms with Crippen molar-refractivity contribution in [2.75, 3.05) is 6.61 Å². The van der Waals surface area contributed by atoms with Gasteiger partial charge in [0.25, 0.3) is 0 Å². The van der Waals surface area contributed by atoms with E-state index in [2.05, 4.69) is 0 Å². The SMILES string of the molecule is CC1C(=O)CC(=O)C2C(=O)C(N)C(C3=CCC(=O)CC=C3)OCC12. The van der Waals surface area contributed by atoms with Crippen LogP contribution in [0.5, 0.6) is 0 Å². The Morgan fingerprint density at radius 1 is 1.12 bits per heavy atom. The molecule has 1 saturated carbocycles. The smallest absolute Gasteiger partial charge is 0.163 e. The minimum Gasteiger partial charge on any atom is -0.371 e. The zero-order valence-corrected chi connectivity index (χ0v) is 13.6. The summed E-state index contributed by atoms with van der Waals surface area (Å²) >= 11 is 0. The molecule has 3 rings (SSSR count). The highest BCUT2D eigenvalue weighted by molar-refractivity contribution is 6.14. The van der Waals surface area contributed by atoms with Crippen LogP contribution in [0.3, 0.4) is 0 Å². The fourth-order valence-electron chi connectivity index (χ4n) is 3.72. The van der Waals surface area contributed by atoms with Crippen LogP contribution in [-0.2, 0) is 23.9 Å². The summed E-state index contributed by atoms with van der Waals surface area (Å²) in [7, 11) is 0. The molecule has 2 N–H and O–H groups in total. The second kappa shape index (κ2) is 6.53. The molecule has 5 unspecified atom stereocenters. The molecule has 0 radical (unpaired) electrons. The average molecular weight is 331 g/mol. The van der Waals surface area contributed by atoms with E-state index in [1.807, 2.05) is 0 Å². The van der Waals surface area contributed by atoms with E-state index < -0.39 is 29.9 Å². The number of carbonyl (C=O) groups excluding carboxylic acids is 4. The van der Waals surface area contributed by atoms with Crippen molar-refractivity contribution in [3.63, 3.8) is 0 Å². The van der Waals surface area contributed by atoms with Gasteiger partial charge >= 0.3 is 0 Å². The summed E-state index contributed by atoms with van der Waals surface area (Å²) in [6, 6.07) is -0.978. The molecule has 6 heteroatoms. The van der Waals surface area contributed by atoms with E-state index in [4.69, 9.17) is 10.5 Å². The van der Waals surface area contributed by atoms with Crippen molar-refractivity contribution in [3.05, 3.63) is 23.8 Å². The number of ketones is 4. The molecule has 2 aliphatic carbocycles. The maximum Gasteiger partial charge on any atom is 0.163 e. The zero-order chi connectivity index (χ0) is 17.4.